The quantitative estimate of drug-likeness (QED) is 0.617. The zero-order valence-corrected chi connectivity index (χ0v) is 11.8. The molecule has 1 nitrogen and oxygen atoms in total. The molecule has 2 aliphatic rings. The number of fused-ring (bicyclic) bond motifs is 6. The second kappa shape index (κ2) is 4.05. The molecular formula is C21H12O. The van der Waals surface area contributed by atoms with Crippen LogP contribution in [-0.4, -0.2) is 5.78 Å². The van der Waals surface area contributed by atoms with E-state index in [2.05, 4.69) is 42.5 Å². The Morgan fingerprint density at radius 2 is 1.68 bits per heavy atom. The first-order valence-electron chi connectivity index (χ1n) is 7.42. The highest BCUT2D eigenvalue weighted by atomic mass is 16.1. The Labute approximate surface area is 127 Å². The molecule has 0 saturated carbocycles. The predicted octanol–water partition coefficient (Wildman–Crippen LogP) is 3.29. The van der Waals surface area contributed by atoms with Crippen molar-refractivity contribution in [2.45, 2.75) is 0 Å². The van der Waals surface area contributed by atoms with Crippen molar-refractivity contribution >= 4 is 34.8 Å². The molecule has 0 bridgehead atoms. The molecule has 5 rings (SSSR count). The fourth-order valence-corrected chi connectivity index (χ4v) is 3.51. The minimum Gasteiger partial charge on any atom is -0.289 e. The summed E-state index contributed by atoms with van der Waals surface area (Å²) in [6, 6.07) is 16.5. The summed E-state index contributed by atoms with van der Waals surface area (Å²) in [6.07, 6.45) is 8.10. The smallest absolute Gasteiger partial charge is 0.187 e. The SMILES string of the molecule is O=C1C=c2c(ccc3cc4c(cc23)=CC=C4)-c2ccccc21. The normalized spacial score (nSPS) is 14.1. The average molecular weight is 280 g/mol. The van der Waals surface area contributed by atoms with Crippen LogP contribution in [0, 0.1) is 0 Å². The molecule has 0 N–H and O–H groups in total. The number of rotatable bonds is 0. The third-order valence-corrected chi connectivity index (χ3v) is 4.57. The molecular weight excluding hydrogens is 268 g/mol. The third kappa shape index (κ3) is 1.45. The van der Waals surface area contributed by atoms with Crippen LogP contribution in [0.25, 0.3) is 40.1 Å². The van der Waals surface area contributed by atoms with Gasteiger partial charge >= 0.3 is 0 Å². The molecule has 22 heavy (non-hydrogen) atoms. The van der Waals surface area contributed by atoms with Crippen molar-refractivity contribution in [3.63, 3.8) is 0 Å². The lowest BCUT2D eigenvalue weighted by Gasteiger charge is -2.15. The van der Waals surface area contributed by atoms with Gasteiger partial charge in [0.1, 0.15) is 0 Å². The lowest BCUT2D eigenvalue weighted by atomic mass is 9.88. The van der Waals surface area contributed by atoms with Crippen molar-refractivity contribution in [3.05, 3.63) is 76.2 Å². The summed E-state index contributed by atoms with van der Waals surface area (Å²) in [5, 5.41) is 4.60. The van der Waals surface area contributed by atoms with Crippen molar-refractivity contribution in [2.75, 3.05) is 0 Å². The largest absolute Gasteiger partial charge is 0.289 e. The van der Waals surface area contributed by atoms with Gasteiger partial charge in [0.2, 0.25) is 0 Å². The summed E-state index contributed by atoms with van der Waals surface area (Å²) in [5.74, 6) is 0.0956. The fraction of sp³-hybridized carbons (Fsp3) is 0. The monoisotopic (exact) mass is 280 g/mol. The van der Waals surface area contributed by atoms with E-state index in [9.17, 15) is 4.79 Å². The number of carbonyl (C=O) groups is 1. The van der Waals surface area contributed by atoms with E-state index in [0.29, 0.717) is 0 Å². The Kier molecular flexibility index (Phi) is 2.15. The number of carbonyl (C=O) groups excluding carboxylic acids is 1. The van der Waals surface area contributed by atoms with Crippen LogP contribution in [0.5, 0.6) is 0 Å². The Hall–Kier alpha value is -2.93. The third-order valence-electron chi connectivity index (χ3n) is 4.57. The molecule has 3 aromatic carbocycles. The van der Waals surface area contributed by atoms with Crippen LogP contribution in [0.15, 0.2) is 54.6 Å². The molecule has 0 fully saturated rings. The Morgan fingerprint density at radius 1 is 0.818 bits per heavy atom. The lowest BCUT2D eigenvalue weighted by molar-refractivity contribution is 0.106. The maximum atomic E-state index is 12.4. The summed E-state index contributed by atoms with van der Waals surface area (Å²) in [4.78, 5) is 12.4. The van der Waals surface area contributed by atoms with Gasteiger partial charge in [-0.25, -0.2) is 0 Å². The van der Waals surface area contributed by atoms with E-state index in [1.54, 1.807) is 6.08 Å². The van der Waals surface area contributed by atoms with Crippen molar-refractivity contribution in [2.24, 2.45) is 0 Å². The van der Waals surface area contributed by atoms with Crippen molar-refractivity contribution in [3.8, 4) is 11.1 Å². The Balaban J connectivity index is 1.97. The molecule has 0 unspecified atom stereocenters. The van der Waals surface area contributed by atoms with Crippen LogP contribution in [0.3, 0.4) is 0 Å². The number of ketones is 1. The van der Waals surface area contributed by atoms with E-state index in [1.807, 2.05) is 24.3 Å². The zero-order valence-electron chi connectivity index (χ0n) is 11.8. The predicted molar refractivity (Wildman–Crippen MR) is 90.9 cm³/mol. The molecule has 2 aliphatic carbocycles. The second-order valence-electron chi connectivity index (χ2n) is 5.81. The van der Waals surface area contributed by atoms with Gasteiger partial charge in [0, 0.05) is 5.56 Å². The molecule has 1 heteroatoms. The maximum Gasteiger partial charge on any atom is 0.187 e. The summed E-state index contributed by atoms with van der Waals surface area (Å²) in [7, 11) is 0. The van der Waals surface area contributed by atoms with Gasteiger partial charge in [0.05, 0.1) is 0 Å². The summed E-state index contributed by atoms with van der Waals surface area (Å²) in [6.45, 7) is 0. The minimum atomic E-state index is 0.0956. The van der Waals surface area contributed by atoms with E-state index < -0.39 is 0 Å². The molecule has 102 valence electrons. The van der Waals surface area contributed by atoms with Crippen molar-refractivity contribution < 1.29 is 4.79 Å². The van der Waals surface area contributed by atoms with Gasteiger partial charge in [-0.1, -0.05) is 54.6 Å². The Bertz CT molecular complexity index is 1130. The second-order valence-corrected chi connectivity index (χ2v) is 5.81. The molecule has 0 aromatic heterocycles. The van der Waals surface area contributed by atoms with Crippen LogP contribution in [-0.2, 0) is 0 Å². The Morgan fingerprint density at radius 3 is 2.59 bits per heavy atom. The van der Waals surface area contributed by atoms with Crippen LogP contribution in [0.1, 0.15) is 15.9 Å². The number of allylic oxidation sites excluding steroid dienone is 1. The first kappa shape index (κ1) is 11.7. The highest BCUT2D eigenvalue weighted by Gasteiger charge is 2.18. The van der Waals surface area contributed by atoms with Crippen LogP contribution < -0.4 is 10.4 Å². The standard InChI is InChI=1S/C21H12O/c22-21-12-20-17(16-6-1-2-7-18(16)21)9-8-15-10-13-4-3-5-14(13)11-19(15)20/h1-12H. The zero-order chi connectivity index (χ0) is 14.7. The highest BCUT2D eigenvalue weighted by Crippen LogP contribution is 2.27. The summed E-state index contributed by atoms with van der Waals surface area (Å²) < 4.78 is 0. The van der Waals surface area contributed by atoms with Gasteiger partial charge in [0.15, 0.2) is 5.78 Å². The molecule has 0 aliphatic heterocycles. The average Bonchev–Trinajstić information content (AvgIpc) is 3.00. The van der Waals surface area contributed by atoms with Gasteiger partial charge in [-0.3, -0.25) is 4.79 Å². The number of hydrogen-bond donors (Lipinski definition) is 0. The van der Waals surface area contributed by atoms with E-state index in [-0.39, 0.29) is 5.78 Å². The van der Waals surface area contributed by atoms with Gasteiger partial charge < -0.3 is 0 Å². The van der Waals surface area contributed by atoms with Crippen LogP contribution in [0.4, 0.5) is 0 Å². The van der Waals surface area contributed by atoms with Crippen molar-refractivity contribution in [1.29, 1.82) is 0 Å². The van der Waals surface area contributed by atoms with Gasteiger partial charge in [-0.2, -0.15) is 0 Å². The first-order valence-corrected chi connectivity index (χ1v) is 7.42. The van der Waals surface area contributed by atoms with Crippen LogP contribution in [0.2, 0.25) is 0 Å². The fourth-order valence-electron chi connectivity index (χ4n) is 3.51. The van der Waals surface area contributed by atoms with E-state index in [1.165, 1.54) is 16.2 Å². The van der Waals surface area contributed by atoms with E-state index in [0.717, 1.165) is 27.3 Å². The highest BCUT2D eigenvalue weighted by molar-refractivity contribution is 6.23. The molecule has 0 spiro atoms. The van der Waals surface area contributed by atoms with Crippen molar-refractivity contribution in [1.82, 2.24) is 0 Å². The topological polar surface area (TPSA) is 17.1 Å². The molecule has 0 atom stereocenters. The lowest BCUT2D eigenvalue weighted by Crippen LogP contribution is -2.18. The van der Waals surface area contributed by atoms with E-state index >= 15 is 0 Å². The number of benzene rings is 3. The maximum absolute atomic E-state index is 12.4. The van der Waals surface area contributed by atoms with Gasteiger partial charge in [-0.05, 0) is 56.1 Å². The molecule has 0 heterocycles. The molecule has 0 amide bonds. The minimum absolute atomic E-state index is 0.0956. The van der Waals surface area contributed by atoms with Gasteiger partial charge in [0.25, 0.3) is 0 Å². The molecule has 0 saturated heterocycles. The summed E-state index contributed by atoms with van der Waals surface area (Å²) >= 11 is 0. The van der Waals surface area contributed by atoms with Crippen LogP contribution >= 0.6 is 0 Å². The first-order chi connectivity index (χ1) is 10.8. The summed E-state index contributed by atoms with van der Waals surface area (Å²) in [5.41, 5.74) is 4.22. The van der Waals surface area contributed by atoms with Gasteiger partial charge in [-0.15, -0.1) is 0 Å². The van der Waals surface area contributed by atoms with E-state index in [4.69, 9.17) is 0 Å². The number of Topliss-reactive ketones (excluding diaryl/α,β-unsaturated/α-hetero) is 1. The molecule has 0 radical (unpaired) electrons. The number of hydrogen-bond acceptors (Lipinski definition) is 1. The molecule has 3 aromatic rings.